The van der Waals surface area contributed by atoms with E-state index in [1.165, 1.54) is 0 Å². The van der Waals surface area contributed by atoms with Crippen LogP contribution in [0.3, 0.4) is 0 Å². The number of nitrogens with one attached hydrogen (secondary N) is 1. The van der Waals surface area contributed by atoms with Crippen LogP contribution in [0.1, 0.15) is 33.6 Å². The molecule has 3 heteroatoms. The van der Waals surface area contributed by atoms with E-state index in [9.17, 15) is 4.79 Å². The van der Waals surface area contributed by atoms with Crippen molar-refractivity contribution >= 4 is 5.91 Å². The maximum Gasteiger partial charge on any atom is 0.222 e. The van der Waals surface area contributed by atoms with Crippen LogP contribution in [0.2, 0.25) is 0 Å². The second kappa shape index (κ2) is 4.30. The van der Waals surface area contributed by atoms with E-state index >= 15 is 0 Å². The van der Waals surface area contributed by atoms with Gasteiger partial charge in [-0.05, 0) is 46.7 Å². The molecule has 1 amide bonds. The molecule has 0 bridgehead atoms. The van der Waals surface area contributed by atoms with Crippen molar-refractivity contribution < 1.29 is 4.79 Å². The molecule has 1 rings (SSSR count). The highest BCUT2D eigenvalue weighted by Crippen LogP contribution is 2.23. The monoisotopic (exact) mass is 198 g/mol. The number of carbonyl (C=O) groups is 1. The number of nitrogens with zero attached hydrogens (tertiary/aromatic N) is 1. The van der Waals surface area contributed by atoms with Crippen LogP contribution >= 0.6 is 0 Å². The molecule has 0 aromatic carbocycles. The lowest BCUT2D eigenvalue weighted by molar-refractivity contribution is -0.126. The molecule has 1 aliphatic heterocycles. The third kappa shape index (κ3) is 2.71. The van der Waals surface area contributed by atoms with E-state index in [1.807, 2.05) is 0 Å². The molecule has 1 heterocycles. The van der Waals surface area contributed by atoms with Gasteiger partial charge in [0.05, 0.1) is 0 Å². The Bertz CT molecular complexity index is 200. The van der Waals surface area contributed by atoms with Gasteiger partial charge in [0.15, 0.2) is 0 Å². The lowest BCUT2D eigenvalue weighted by Gasteiger charge is -2.40. The first kappa shape index (κ1) is 11.5. The van der Waals surface area contributed by atoms with Crippen LogP contribution in [0.25, 0.3) is 0 Å². The summed E-state index contributed by atoms with van der Waals surface area (Å²) in [4.78, 5) is 13.8. The van der Waals surface area contributed by atoms with Gasteiger partial charge >= 0.3 is 0 Å². The minimum absolute atomic E-state index is 0.207. The molecule has 0 spiro atoms. The first-order valence-electron chi connectivity index (χ1n) is 5.42. The van der Waals surface area contributed by atoms with E-state index < -0.39 is 0 Å². The molecule has 0 saturated carbocycles. The maximum atomic E-state index is 11.4. The maximum absolute atomic E-state index is 11.4. The number of amides is 1. The highest BCUT2D eigenvalue weighted by Gasteiger charge is 2.29. The first-order chi connectivity index (χ1) is 6.45. The summed E-state index contributed by atoms with van der Waals surface area (Å²) < 4.78 is 0. The van der Waals surface area contributed by atoms with Gasteiger partial charge < -0.3 is 5.32 Å². The van der Waals surface area contributed by atoms with Crippen LogP contribution in [-0.2, 0) is 4.79 Å². The lowest BCUT2D eigenvalue weighted by Crippen LogP contribution is -2.48. The van der Waals surface area contributed by atoms with Crippen molar-refractivity contribution in [1.82, 2.24) is 10.2 Å². The van der Waals surface area contributed by atoms with Crippen molar-refractivity contribution in [3.63, 3.8) is 0 Å². The van der Waals surface area contributed by atoms with Gasteiger partial charge in [-0.25, -0.2) is 0 Å². The predicted molar refractivity (Wildman–Crippen MR) is 58.1 cm³/mol. The van der Waals surface area contributed by atoms with Gasteiger partial charge in [0.1, 0.15) is 0 Å². The first-order valence-corrected chi connectivity index (χ1v) is 5.42. The minimum atomic E-state index is 0.207. The van der Waals surface area contributed by atoms with Crippen molar-refractivity contribution in [2.24, 2.45) is 5.92 Å². The standard InChI is InChI=1S/C11H22N2O/c1-11(2,3)13-7-5-9(6-8-13)10(14)12-4/h9H,5-8H2,1-4H3,(H,12,14). The molecular weight excluding hydrogens is 176 g/mol. The van der Waals surface area contributed by atoms with E-state index in [0.717, 1.165) is 25.9 Å². The fourth-order valence-corrected chi connectivity index (χ4v) is 2.02. The molecule has 0 aromatic rings. The van der Waals surface area contributed by atoms with E-state index in [0.29, 0.717) is 0 Å². The Morgan fingerprint density at radius 3 is 2.14 bits per heavy atom. The Morgan fingerprint density at radius 2 is 1.79 bits per heavy atom. The Morgan fingerprint density at radius 1 is 1.29 bits per heavy atom. The van der Waals surface area contributed by atoms with Crippen molar-refractivity contribution in [2.75, 3.05) is 20.1 Å². The van der Waals surface area contributed by atoms with E-state index in [4.69, 9.17) is 0 Å². The molecule has 0 radical (unpaired) electrons. The fourth-order valence-electron chi connectivity index (χ4n) is 2.02. The van der Waals surface area contributed by atoms with Crippen LogP contribution in [0, 0.1) is 5.92 Å². The van der Waals surface area contributed by atoms with Gasteiger partial charge in [-0.2, -0.15) is 0 Å². The molecule has 3 nitrogen and oxygen atoms in total. The molecule has 0 unspecified atom stereocenters. The third-order valence-corrected chi connectivity index (χ3v) is 3.06. The molecule has 1 fully saturated rings. The summed E-state index contributed by atoms with van der Waals surface area (Å²) in [5.74, 6) is 0.442. The molecule has 82 valence electrons. The lowest BCUT2D eigenvalue weighted by atomic mass is 9.92. The SMILES string of the molecule is CNC(=O)C1CCN(C(C)(C)C)CC1. The quantitative estimate of drug-likeness (QED) is 0.687. The molecule has 1 aliphatic rings. The van der Waals surface area contributed by atoms with Gasteiger partial charge in [0.2, 0.25) is 5.91 Å². The predicted octanol–water partition coefficient (Wildman–Crippen LogP) is 1.24. The van der Waals surface area contributed by atoms with Gasteiger partial charge in [-0.1, -0.05) is 0 Å². The van der Waals surface area contributed by atoms with Crippen LogP contribution in [0.5, 0.6) is 0 Å². The third-order valence-electron chi connectivity index (χ3n) is 3.06. The largest absolute Gasteiger partial charge is 0.359 e. The topological polar surface area (TPSA) is 32.3 Å². The highest BCUT2D eigenvalue weighted by atomic mass is 16.1. The van der Waals surface area contributed by atoms with Crippen molar-refractivity contribution in [1.29, 1.82) is 0 Å². The summed E-state index contributed by atoms with van der Waals surface area (Å²) >= 11 is 0. The zero-order valence-electron chi connectivity index (χ0n) is 9.76. The van der Waals surface area contributed by atoms with Gasteiger partial charge in [0.25, 0.3) is 0 Å². The molecular formula is C11H22N2O. The van der Waals surface area contributed by atoms with Crippen molar-refractivity contribution in [3.8, 4) is 0 Å². The van der Waals surface area contributed by atoms with E-state index in [-0.39, 0.29) is 17.4 Å². The normalized spacial score (nSPS) is 20.9. The zero-order valence-corrected chi connectivity index (χ0v) is 9.76. The van der Waals surface area contributed by atoms with Crippen LogP contribution in [-0.4, -0.2) is 36.5 Å². The highest BCUT2D eigenvalue weighted by molar-refractivity contribution is 5.78. The fraction of sp³-hybridized carbons (Fsp3) is 0.909. The molecule has 0 atom stereocenters. The molecule has 0 aliphatic carbocycles. The van der Waals surface area contributed by atoms with Crippen LogP contribution < -0.4 is 5.32 Å². The molecule has 1 N–H and O–H groups in total. The summed E-state index contributed by atoms with van der Waals surface area (Å²) in [7, 11) is 1.72. The summed E-state index contributed by atoms with van der Waals surface area (Å²) in [6.07, 6.45) is 1.99. The average Bonchev–Trinajstić information content (AvgIpc) is 2.15. The van der Waals surface area contributed by atoms with Crippen LogP contribution in [0.4, 0.5) is 0 Å². The Kier molecular flexibility index (Phi) is 3.53. The zero-order chi connectivity index (χ0) is 10.8. The average molecular weight is 198 g/mol. The number of hydrogen-bond acceptors (Lipinski definition) is 2. The van der Waals surface area contributed by atoms with Crippen molar-refractivity contribution in [3.05, 3.63) is 0 Å². The summed E-state index contributed by atoms with van der Waals surface area (Å²) in [6.45, 7) is 8.77. The Labute approximate surface area is 86.9 Å². The van der Waals surface area contributed by atoms with Crippen molar-refractivity contribution in [2.45, 2.75) is 39.2 Å². The van der Waals surface area contributed by atoms with E-state index in [1.54, 1.807) is 7.05 Å². The van der Waals surface area contributed by atoms with Gasteiger partial charge in [-0.3, -0.25) is 9.69 Å². The smallest absolute Gasteiger partial charge is 0.222 e. The minimum Gasteiger partial charge on any atom is -0.359 e. The number of rotatable bonds is 1. The number of hydrogen-bond donors (Lipinski definition) is 1. The van der Waals surface area contributed by atoms with Crippen LogP contribution in [0.15, 0.2) is 0 Å². The Hall–Kier alpha value is -0.570. The summed E-state index contributed by atoms with van der Waals surface area (Å²) in [6, 6.07) is 0. The second-order valence-corrected chi connectivity index (χ2v) is 5.05. The Balaban J connectivity index is 2.43. The van der Waals surface area contributed by atoms with E-state index in [2.05, 4.69) is 31.0 Å². The van der Waals surface area contributed by atoms with Gasteiger partial charge in [0, 0.05) is 18.5 Å². The molecule has 1 saturated heterocycles. The second-order valence-electron chi connectivity index (χ2n) is 5.05. The molecule has 0 aromatic heterocycles. The molecule has 14 heavy (non-hydrogen) atoms. The number of carbonyl (C=O) groups excluding carboxylic acids is 1. The summed E-state index contributed by atoms with van der Waals surface area (Å²) in [5, 5.41) is 2.73. The number of piperidine rings is 1. The number of likely N-dealkylation sites (tertiary alicyclic amines) is 1. The van der Waals surface area contributed by atoms with Gasteiger partial charge in [-0.15, -0.1) is 0 Å². The summed E-state index contributed by atoms with van der Waals surface area (Å²) in [5.41, 5.74) is 0.244.